The molecular formula is C16H24N2O2. The molecule has 0 unspecified atom stereocenters. The molecule has 4 heteroatoms. The molecule has 1 fully saturated rings. The second kappa shape index (κ2) is 7.29. The highest BCUT2D eigenvalue weighted by molar-refractivity contribution is 5.66. The topological polar surface area (TPSA) is 52.6 Å². The Hall–Kier alpha value is -1.55. The summed E-state index contributed by atoms with van der Waals surface area (Å²) in [7, 11) is 0. The molecule has 1 aliphatic rings. The van der Waals surface area contributed by atoms with E-state index in [9.17, 15) is 4.79 Å². The molecule has 0 atom stereocenters. The number of carboxylic acids is 1. The van der Waals surface area contributed by atoms with Crippen molar-refractivity contribution < 1.29 is 9.90 Å². The van der Waals surface area contributed by atoms with Gasteiger partial charge >= 0.3 is 5.97 Å². The third kappa shape index (κ3) is 4.23. The van der Waals surface area contributed by atoms with Crippen LogP contribution in [0.25, 0.3) is 0 Å². The van der Waals surface area contributed by atoms with Crippen LogP contribution in [-0.4, -0.2) is 36.8 Å². The summed E-state index contributed by atoms with van der Waals surface area (Å²) in [6, 6.07) is 9.27. The molecule has 20 heavy (non-hydrogen) atoms. The van der Waals surface area contributed by atoms with E-state index in [2.05, 4.69) is 41.4 Å². The maximum Gasteiger partial charge on any atom is 0.304 e. The van der Waals surface area contributed by atoms with E-state index in [0.717, 1.165) is 32.4 Å². The van der Waals surface area contributed by atoms with Gasteiger partial charge in [0.05, 0.1) is 6.42 Å². The Bertz CT molecular complexity index is 423. The fourth-order valence-corrected chi connectivity index (χ4v) is 2.67. The van der Waals surface area contributed by atoms with E-state index in [0.29, 0.717) is 12.6 Å². The van der Waals surface area contributed by atoms with Crippen LogP contribution in [0.1, 0.15) is 31.7 Å². The van der Waals surface area contributed by atoms with E-state index < -0.39 is 5.97 Å². The molecule has 0 bridgehead atoms. The van der Waals surface area contributed by atoms with Crippen molar-refractivity contribution >= 4 is 11.7 Å². The molecule has 0 aromatic heterocycles. The first-order chi connectivity index (χ1) is 9.69. The van der Waals surface area contributed by atoms with Crippen LogP contribution in [0.2, 0.25) is 0 Å². The third-order valence-electron chi connectivity index (χ3n) is 3.98. The van der Waals surface area contributed by atoms with E-state index in [-0.39, 0.29) is 6.42 Å². The van der Waals surface area contributed by atoms with Gasteiger partial charge in [0.15, 0.2) is 0 Å². The quantitative estimate of drug-likeness (QED) is 0.837. The van der Waals surface area contributed by atoms with Gasteiger partial charge in [0.2, 0.25) is 0 Å². The smallest absolute Gasteiger partial charge is 0.304 e. The van der Waals surface area contributed by atoms with Gasteiger partial charge in [-0.15, -0.1) is 0 Å². The van der Waals surface area contributed by atoms with Crippen LogP contribution >= 0.6 is 0 Å². The lowest BCUT2D eigenvalue weighted by atomic mass is 10.0. The Morgan fingerprint density at radius 1 is 1.30 bits per heavy atom. The largest absolute Gasteiger partial charge is 0.481 e. The molecule has 1 aliphatic heterocycles. The minimum Gasteiger partial charge on any atom is -0.481 e. The number of nitrogens with one attached hydrogen (secondary N) is 1. The number of hydrogen-bond donors (Lipinski definition) is 2. The number of aliphatic carboxylic acids is 1. The average molecular weight is 276 g/mol. The highest BCUT2D eigenvalue weighted by Crippen LogP contribution is 2.20. The van der Waals surface area contributed by atoms with Crippen LogP contribution in [-0.2, 0) is 11.2 Å². The number of benzene rings is 1. The van der Waals surface area contributed by atoms with E-state index >= 15 is 0 Å². The number of carbonyl (C=O) groups is 1. The van der Waals surface area contributed by atoms with Gasteiger partial charge in [0, 0.05) is 31.4 Å². The maximum atomic E-state index is 10.5. The average Bonchev–Trinajstić information content (AvgIpc) is 2.48. The van der Waals surface area contributed by atoms with Crippen molar-refractivity contribution in [3.8, 4) is 0 Å². The summed E-state index contributed by atoms with van der Waals surface area (Å²) in [6.07, 6.45) is 3.44. The summed E-state index contributed by atoms with van der Waals surface area (Å²) >= 11 is 0. The Morgan fingerprint density at radius 2 is 1.95 bits per heavy atom. The molecule has 0 radical (unpaired) electrons. The van der Waals surface area contributed by atoms with Crippen molar-refractivity contribution in [2.45, 2.75) is 38.6 Å². The highest BCUT2D eigenvalue weighted by atomic mass is 16.4. The minimum atomic E-state index is -0.731. The van der Waals surface area contributed by atoms with Crippen LogP contribution in [0.3, 0.4) is 0 Å². The lowest BCUT2D eigenvalue weighted by molar-refractivity contribution is -0.136. The molecule has 1 aromatic carbocycles. The van der Waals surface area contributed by atoms with Crippen LogP contribution in [0, 0.1) is 0 Å². The third-order valence-corrected chi connectivity index (χ3v) is 3.98. The first-order valence-corrected chi connectivity index (χ1v) is 7.48. The molecule has 0 amide bonds. The molecule has 4 nitrogen and oxygen atoms in total. The van der Waals surface area contributed by atoms with Crippen molar-refractivity contribution in [1.29, 1.82) is 0 Å². The van der Waals surface area contributed by atoms with Gasteiger partial charge in [-0.1, -0.05) is 19.1 Å². The van der Waals surface area contributed by atoms with Gasteiger partial charge < -0.3 is 15.3 Å². The second-order valence-corrected chi connectivity index (χ2v) is 5.38. The van der Waals surface area contributed by atoms with Crippen LogP contribution < -0.4 is 10.2 Å². The predicted molar refractivity (Wildman–Crippen MR) is 81.3 cm³/mol. The number of nitrogens with zero attached hydrogens (tertiary/aromatic N) is 1. The standard InChI is InChI=1S/C16H24N2O2/c1-2-13-3-5-15(6-4-13)18-11-8-14(9-12-18)17-10-7-16(19)20/h3-6,14,17H,2,7-12H2,1H3,(H,19,20). The second-order valence-electron chi connectivity index (χ2n) is 5.38. The Balaban J connectivity index is 1.77. The van der Waals surface area contributed by atoms with Crippen molar-refractivity contribution in [2.75, 3.05) is 24.5 Å². The Labute approximate surface area is 120 Å². The molecule has 1 saturated heterocycles. The lowest BCUT2D eigenvalue weighted by Crippen LogP contribution is -2.43. The molecule has 0 saturated carbocycles. The number of rotatable bonds is 6. The number of aryl methyl sites for hydroxylation is 1. The van der Waals surface area contributed by atoms with Crippen molar-refractivity contribution in [2.24, 2.45) is 0 Å². The number of carboxylic acid groups (broad SMARTS) is 1. The monoisotopic (exact) mass is 276 g/mol. The van der Waals surface area contributed by atoms with Crippen molar-refractivity contribution in [1.82, 2.24) is 5.32 Å². The summed E-state index contributed by atoms with van der Waals surface area (Å²) < 4.78 is 0. The molecule has 1 heterocycles. The van der Waals surface area contributed by atoms with Gasteiger partial charge in [0.1, 0.15) is 0 Å². The zero-order valence-corrected chi connectivity index (χ0v) is 12.1. The summed E-state index contributed by atoms with van der Waals surface area (Å²) in [6.45, 7) is 4.82. The van der Waals surface area contributed by atoms with Gasteiger partial charge in [-0.2, -0.15) is 0 Å². The summed E-state index contributed by atoms with van der Waals surface area (Å²) in [4.78, 5) is 12.9. The summed E-state index contributed by atoms with van der Waals surface area (Å²) in [5.41, 5.74) is 2.67. The Kier molecular flexibility index (Phi) is 5.41. The predicted octanol–water partition coefficient (Wildman–Crippen LogP) is 2.28. The first kappa shape index (κ1) is 14.9. The number of hydrogen-bond acceptors (Lipinski definition) is 3. The minimum absolute atomic E-state index is 0.207. The van der Waals surface area contributed by atoms with Crippen LogP contribution in [0.4, 0.5) is 5.69 Å². The van der Waals surface area contributed by atoms with E-state index in [1.807, 2.05) is 0 Å². The zero-order chi connectivity index (χ0) is 14.4. The SMILES string of the molecule is CCc1ccc(N2CCC(NCCC(=O)O)CC2)cc1. The van der Waals surface area contributed by atoms with Gasteiger partial charge in [0.25, 0.3) is 0 Å². The van der Waals surface area contributed by atoms with Crippen LogP contribution in [0.15, 0.2) is 24.3 Å². The van der Waals surface area contributed by atoms with E-state index in [1.54, 1.807) is 0 Å². The lowest BCUT2D eigenvalue weighted by Gasteiger charge is -2.34. The van der Waals surface area contributed by atoms with Crippen LogP contribution in [0.5, 0.6) is 0 Å². The molecular weight excluding hydrogens is 252 g/mol. The molecule has 2 N–H and O–H groups in total. The van der Waals surface area contributed by atoms with Gasteiger partial charge in [-0.05, 0) is 37.0 Å². The van der Waals surface area contributed by atoms with Gasteiger partial charge in [-0.25, -0.2) is 0 Å². The normalized spacial score (nSPS) is 16.4. The Morgan fingerprint density at radius 3 is 2.50 bits per heavy atom. The molecule has 1 aromatic rings. The molecule has 0 spiro atoms. The fraction of sp³-hybridized carbons (Fsp3) is 0.562. The molecule has 110 valence electrons. The molecule has 0 aliphatic carbocycles. The number of piperidine rings is 1. The maximum absolute atomic E-state index is 10.5. The summed E-state index contributed by atoms with van der Waals surface area (Å²) in [5, 5.41) is 12.0. The van der Waals surface area contributed by atoms with Crippen molar-refractivity contribution in [3.63, 3.8) is 0 Å². The van der Waals surface area contributed by atoms with E-state index in [4.69, 9.17) is 5.11 Å². The fourth-order valence-electron chi connectivity index (χ4n) is 2.67. The highest BCUT2D eigenvalue weighted by Gasteiger charge is 2.18. The number of anilines is 1. The van der Waals surface area contributed by atoms with E-state index in [1.165, 1.54) is 11.3 Å². The van der Waals surface area contributed by atoms with Crippen molar-refractivity contribution in [3.05, 3.63) is 29.8 Å². The first-order valence-electron chi connectivity index (χ1n) is 7.48. The van der Waals surface area contributed by atoms with Gasteiger partial charge in [-0.3, -0.25) is 4.79 Å². The summed E-state index contributed by atoms with van der Waals surface area (Å²) in [5.74, 6) is -0.731. The zero-order valence-electron chi connectivity index (χ0n) is 12.1. The molecule has 2 rings (SSSR count).